The number of para-hydroxylation sites is 1. The minimum Gasteiger partial charge on any atom is -0.497 e. The van der Waals surface area contributed by atoms with Gasteiger partial charge in [-0.25, -0.2) is 0 Å². The second kappa shape index (κ2) is 5.32. The van der Waals surface area contributed by atoms with Crippen molar-refractivity contribution in [3.8, 4) is 5.75 Å². The fourth-order valence-corrected chi connectivity index (χ4v) is 2.36. The third kappa shape index (κ3) is 2.36. The molecule has 0 saturated heterocycles. The predicted molar refractivity (Wildman–Crippen MR) is 84.0 cm³/mol. The molecule has 0 aliphatic rings. The first-order valence-corrected chi connectivity index (χ1v) is 6.69. The summed E-state index contributed by atoms with van der Waals surface area (Å²) in [5.41, 5.74) is 2.41. The van der Waals surface area contributed by atoms with Crippen molar-refractivity contribution < 1.29 is 9.53 Å². The molecule has 0 aliphatic carbocycles. The molecule has 0 bridgehead atoms. The van der Waals surface area contributed by atoms with Gasteiger partial charge < -0.3 is 14.6 Å². The third-order valence-electron chi connectivity index (χ3n) is 3.57. The number of rotatable bonds is 3. The van der Waals surface area contributed by atoms with Crippen LogP contribution < -0.4 is 9.64 Å². The number of nitrogens with zero attached hydrogens (tertiary/aromatic N) is 1. The Labute approximate surface area is 123 Å². The zero-order valence-corrected chi connectivity index (χ0v) is 12.0. The molecule has 1 aromatic heterocycles. The number of benzene rings is 2. The molecule has 0 spiro atoms. The predicted octanol–water partition coefficient (Wildman–Crippen LogP) is 3.45. The molecule has 1 amide bonds. The van der Waals surface area contributed by atoms with Crippen LogP contribution in [-0.4, -0.2) is 25.0 Å². The van der Waals surface area contributed by atoms with Gasteiger partial charge in [0.2, 0.25) is 0 Å². The van der Waals surface area contributed by atoms with Crippen molar-refractivity contribution in [3.05, 3.63) is 60.3 Å². The lowest BCUT2D eigenvalue weighted by Gasteiger charge is -2.16. The van der Waals surface area contributed by atoms with E-state index in [0.29, 0.717) is 5.56 Å². The van der Waals surface area contributed by atoms with Crippen molar-refractivity contribution in [2.45, 2.75) is 0 Å². The van der Waals surface area contributed by atoms with E-state index >= 15 is 0 Å². The number of aromatic amines is 1. The molecule has 2 aromatic carbocycles. The smallest absolute Gasteiger partial charge is 0.260 e. The van der Waals surface area contributed by atoms with Crippen LogP contribution in [0, 0.1) is 0 Å². The van der Waals surface area contributed by atoms with Gasteiger partial charge in [0.25, 0.3) is 5.91 Å². The molecule has 4 heteroatoms. The van der Waals surface area contributed by atoms with E-state index < -0.39 is 0 Å². The van der Waals surface area contributed by atoms with Gasteiger partial charge in [0.15, 0.2) is 0 Å². The van der Waals surface area contributed by atoms with Crippen LogP contribution in [-0.2, 0) is 0 Å². The van der Waals surface area contributed by atoms with Gasteiger partial charge in [-0.15, -0.1) is 0 Å². The van der Waals surface area contributed by atoms with Gasteiger partial charge >= 0.3 is 0 Å². The number of hydrogen-bond acceptors (Lipinski definition) is 2. The van der Waals surface area contributed by atoms with E-state index in [1.54, 1.807) is 25.3 Å². The molecule has 0 unspecified atom stereocenters. The van der Waals surface area contributed by atoms with Gasteiger partial charge in [0, 0.05) is 35.9 Å². The average Bonchev–Trinajstić information content (AvgIpc) is 2.97. The zero-order valence-electron chi connectivity index (χ0n) is 12.0. The first-order chi connectivity index (χ1) is 10.2. The Hall–Kier alpha value is -2.75. The lowest BCUT2D eigenvalue weighted by molar-refractivity contribution is 0.0994. The topological polar surface area (TPSA) is 45.3 Å². The Bertz CT molecular complexity index is 778. The number of H-pyrrole nitrogens is 1. The molecule has 3 rings (SSSR count). The summed E-state index contributed by atoms with van der Waals surface area (Å²) >= 11 is 0. The second-order valence-corrected chi connectivity index (χ2v) is 4.81. The van der Waals surface area contributed by atoms with E-state index in [1.807, 2.05) is 48.5 Å². The summed E-state index contributed by atoms with van der Waals surface area (Å²) in [4.78, 5) is 17.4. The van der Waals surface area contributed by atoms with E-state index in [9.17, 15) is 4.79 Å². The molecule has 0 aliphatic heterocycles. The Morgan fingerprint density at radius 1 is 1.14 bits per heavy atom. The molecule has 3 aromatic rings. The Kier molecular flexibility index (Phi) is 3.36. The van der Waals surface area contributed by atoms with Crippen LogP contribution in [0.3, 0.4) is 0 Å². The van der Waals surface area contributed by atoms with Crippen LogP contribution in [0.2, 0.25) is 0 Å². The van der Waals surface area contributed by atoms with Gasteiger partial charge in [0.1, 0.15) is 5.75 Å². The highest BCUT2D eigenvalue weighted by Gasteiger charge is 2.17. The van der Waals surface area contributed by atoms with Crippen LogP contribution in [0.1, 0.15) is 10.4 Å². The molecule has 106 valence electrons. The number of fused-ring (bicyclic) bond motifs is 1. The molecule has 0 radical (unpaired) electrons. The van der Waals surface area contributed by atoms with Crippen molar-refractivity contribution in [1.82, 2.24) is 4.98 Å². The highest BCUT2D eigenvalue weighted by molar-refractivity contribution is 6.13. The van der Waals surface area contributed by atoms with E-state index in [0.717, 1.165) is 22.3 Å². The maximum atomic E-state index is 12.6. The number of carbonyl (C=O) groups excluding carboxylic acids is 1. The SMILES string of the molecule is COc1ccc2c(C(=O)N(C)c3ccccc3)c[nH]c2c1. The van der Waals surface area contributed by atoms with Crippen molar-refractivity contribution in [1.29, 1.82) is 0 Å². The third-order valence-corrected chi connectivity index (χ3v) is 3.57. The van der Waals surface area contributed by atoms with E-state index in [2.05, 4.69) is 4.98 Å². The van der Waals surface area contributed by atoms with Gasteiger partial charge in [0.05, 0.1) is 12.7 Å². The Morgan fingerprint density at radius 2 is 1.90 bits per heavy atom. The molecule has 0 atom stereocenters. The van der Waals surface area contributed by atoms with Crippen LogP contribution in [0.5, 0.6) is 5.75 Å². The van der Waals surface area contributed by atoms with E-state index in [-0.39, 0.29) is 5.91 Å². The molecule has 0 saturated carbocycles. The summed E-state index contributed by atoms with van der Waals surface area (Å²) in [5, 5.41) is 0.892. The number of carbonyl (C=O) groups is 1. The van der Waals surface area contributed by atoms with E-state index in [1.165, 1.54) is 0 Å². The molecule has 21 heavy (non-hydrogen) atoms. The van der Waals surface area contributed by atoms with Crippen LogP contribution in [0.25, 0.3) is 10.9 Å². The lowest BCUT2D eigenvalue weighted by atomic mass is 10.1. The molecule has 1 heterocycles. The van der Waals surface area contributed by atoms with Crippen LogP contribution in [0.15, 0.2) is 54.7 Å². The molecular formula is C17H16N2O2. The number of hydrogen-bond donors (Lipinski definition) is 1. The summed E-state index contributed by atoms with van der Waals surface area (Å²) in [6, 6.07) is 15.2. The minimum atomic E-state index is -0.0439. The normalized spacial score (nSPS) is 10.6. The highest BCUT2D eigenvalue weighted by atomic mass is 16.5. The largest absolute Gasteiger partial charge is 0.497 e. The number of ether oxygens (including phenoxy) is 1. The summed E-state index contributed by atoms with van der Waals surface area (Å²) in [5.74, 6) is 0.720. The summed E-state index contributed by atoms with van der Waals surface area (Å²) in [6.07, 6.45) is 1.74. The van der Waals surface area contributed by atoms with Crippen molar-refractivity contribution in [2.24, 2.45) is 0 Å². The van der Waals surface area contributed by atoms with Crippen LogP contribution in [0.4, 0.5) is 5.69 Å². The van der Waals surface area contributed by atoms with Gasteiger partial charge in [-0.2, -0.15) is 0 Å². The second-order valence-electron chi connectivity index (χ2n) is 4.81. The fourth-order valence-electron chi connectivity index (χ4n) is 2.36. The number of nitrogens with one attached hydrogen (secondary N) is 1. The molecular weight excluding hydrogens is 264 g/mol. The first kappa shape index (κ1) is 13.2. The van der Waals surface area contributed by atoms with Gasteiger partial charge in [-0.3, -0.25) is 4.79 Å². The Morgan fingerprint density at radius 3 is 2.62 bits per heavy atom. The van der Waals surface area contributed by atoms with Gasteiger partial charge in [-0.1, -0.05) is 18.2 Å². The molecule has 0 fully saturated rings. The first-order valence-electron chi connectivity index (χ1n) is 6.69. The average molecular weight is 280 g/mol. The number of aromatic nitrogens is 1. The van der Waals surface area contributed by atoms with Crippen molar-refractivity contribution in [3.63, 3.8) is 0 Å². The molecule has 4 nitrogen and oxygen atoms in total. The van der Waals surface area contributed by atoms with Gasteiger partial charge in [-0.05, 0) is 24.3 Å². The maximum absolute atomic E-state index is 12.6. The zero-order chi connectivity index (χ0) is 14.8. The number of anilines is 1. The van der Waals surface area contributed by atoms with E-state index in [4.69, 9.17) is 4.74 Å². The molecule has 1 N–H and O–H groups in total. The standard InChI is InChI=1S/C17H16N2O2/c1-19(12-6-4-3-5-7-12)17(20)15-11-18-16-10-13(21-2)8-9-14(15)16/h3-11,18H,1-2H3. The van der Waals surface area contributed by atoms with Crippen molar-refractivity contribution >= 4 is 22.5 Å². The Balaban J connectivity index is 1.98. The van der Waals surface area contributed by atoms with Crippen molar-refractivity contribution in [2.75, 3.05) is 19.1 Å². The summed E-state index contributed by atoms with van der Waals surface area (Å²) in [6.45, 7) is 0. The highest BCUT2D eigenvalue weighted by Crippen LogP contribution is 2.25. The monoisotopic (exact) mass is 280 g/mol. The quantitative estimate of drug-likeness (QED) is 0.798. The van der Waals surface area contributed by atoms with Crippen LogP contribution >= 0.6 is 0 Å². The number of amides is 1. The summed E-state index contributed by atoms with van der Waals surface area (Å²) in [7, 11) is 3.40. The maximum Gasteiger partial charge on any atom is 0.260 e. The minimum absolute atomic E-state index is 0.0439. The number of methoxy groups -OCH3 is 1. The lowest BCUT2D eigenvalue weighted by Crippen LogP contribution is -2.25. The summed E-state index contributed by atoms with van der Waals surface area (Å²) < 4.78 is 5.19. The fraction of sp³-hybridized carbons (Fsp3) is 0.118.